The van der Waals surface area contributed by atoms with Crippen LogP contribution in [0.5, 0.6) is 0 Å². The summed E-state index contributed by atoms with van der Waals surface area (Å²) in [5.74, 6) is 0. The zero-order chi connectivity index (χ0) is 11.1. The van der Waals surface area contributed by atoms with Gasteiger partial charge in [0.1, 0.15) is 6.29 Å². The molecule has 2 aliphatic rings. The van der Waals surface area contributed by atoms with Gasteiger partial charge in [-0.05, 0) is 25.8 Å². The molecule has 6 heteroatoms. The molecular formula is C9H13F3N2O. The second-order valence-electron chi connectivity index (χ2n) is 4.07. The quantitative estimate of drug-likeness (QED) is 0.669. The normalized spacial score (nSPS) is 37.7. The Bertz CT molecular complexity index is 269. The number of hydrogen-bond acceptors (Lipinski definition) is 3. The molecule has 0 aromatic heterocycles. The summed E-state index contributed by atoms with van der Waals surface area (Å²) in [4.78, 5) is 12.0. The molecule has 3 nitrogen and oxygen atoms in total. The van der Waals surface area contributed by atoms with Crippen LogP contribution in [-0.2, 0) is 4.79 Å². The lowest BCUT2D eigenvalue weighted by atomic mass is 10.0. The summed E-state index contributed by atoms with van der Waals surface area (Å²) in [6, 6.07) is -0.584. The van der Waals surface area contributed by atoms with E-state index in [1.165, 1.54) is 4.90 Å². The van der Waals surface area contributed by atoms with Crippen molar-refractivity contribution in [2.24, 2.45) is 0 Å². The van der Waals surface area contributed by atoms with Gasteiger partial charge in [-0.25, -0.2) is 0 Å². The van der Waals surface area contributed by atoms with E-state index < -0.39 is 17.9 Å². The molecule has 2 saturated heterocycles. The van der Waals surface area contributed by atoms with Crippen LogP contribution in [0, 0.1) is 0 Å². The van der Waals surface area contributed by atoms with E-state index >= 15 is 0 Å². The highest BCUT2D eigenvalue weighted by Gasteiger charge is 2.63. The number of fused-ring (bicyclic) bond motifs is 1. The number of alkyl halides is 3. The van der Waals surface area contributed by atoms with Gasteiger partial charge in [0.25, 0.3) is 0 Å². The van der Waals surface area contributed by atoms with Crippen molar-refractivity contribution < 1.29 is 18.0 Å². The summed E-state index contributed by atoms with van der Waals surface area (Å²) in [6.07, 6.45) is -2.77. The van der Waals surface area contributed by atoms with Gasteiger partial charge in [-0.15, -0.1) is 0 Å². The number of hydrogen-bond donors (Lipinski definition) is 1. The predicted molar refractivity (Wildman–Crippen MR) is 47.2 cm³/mol. The molecule has 15 heavy (non-hydrogen) atoms. The Kier molecular flexibility index (Phi) is 2.50. The summed E-state index contributed by atoms with van der Waals surface area (Å²) in [5.41, 5.74) is -1.95. The topological polar surface area (TPSA) is 32.3 Å². The van der Waals surface area contributed by atoms with Crippen LogP contribution in [0.1, 0.15) is 19.3 Å². The molecule has 2 heterocycles. The molecular weight excluding hydrogens is 209 g/mol. The van der Waals surface area contributed by atoms with E-state index in [0.29, 0.717) is 25.8 Å². The second-order valence-corrected chi connectivity index (χ2v) is 4.07. The fraction of sp³-hybridized carbons (Fsp3) is 0.889. The number of nitrogens with one attached hydrogen (secondary N) is 1. The summed E-state index contributed by atoms with van der Waals surface area (Å²) in [7, 11) is 0. The molecule has 0 aromatic rings. The number of aldehydes is 1. The van der Waals surface area contributed by atoms with Gasteiger partial charge in [0.05, 0.1) is 6.04 Å². The number of halogens is 3. The highest BCUT2D eigenvalue weighted by atomic mass is 19.4. The zero-order valence-corrected chi connectivity index (χ0v) is 8.18. The number of carbonyl (C=O) groups excluding carboxylic acids is 1. The number of carbonyl (C=O) groups is 1. The minimum absolute atomic E-state index is 0.0279. The van der Waals surface area contributed by atoms with E-state index in [1.807, 2.05) is 0 Å². The molecule has 0 spiro atoms. The first-order valence-corrected chi connectivity index (χ1v) is 5.05. The van der Waals surface area contributed by atoms with Crippen LogP contribution < -0.4 is 5.32 Å². The Morgan fingerprint density at radius 3 is 2.80 bits per heavy atom. The van der Waals surface area contributed by atoms with Crippen LogP contribution in [0.15, 0.2) is 0 Å². The summed E-state index contributed by atoms with van der Waals surface area (Å²) in [6.45, 7) is 0.706. The Labute approximate surface area is 85.6 Å². The first kappa shape index (κ1) is 10.9. The summed E-state index contributed by atoms with van der Waals surface area (Å²) < 4.78 is 38.9. The van der Waals surface area contributed by atoms with Gasteiger partial charge >= 0.3 is 6.18 Å². The van der Waals surface area contributed by atoms with E-state index in [0.717, 1.165) is 0 Å². The SMILES string of the molecule is O=CC1CCC2(C(F)(F)F)NCCCN12. The minimum atomic E-state index is -4.31. The van der Waals surface area contributed by atoms with E-state index in [2.05, 4.69) is 5.32 Å². The third-order valence-corrected chi connectivity index (χ3v) is 3.31. The Morgan fingerprint density at radius 1 is 1.47 bits per heavy atom. The molecule has 0 radical (unpaired) electrons. The Hall–Kier alpha value is -0.620. The van der Waals surface area contributed by atoms with Gasteiger partial charge in [-0.3, -0.25) is 10.2 Å². The van der Waals surface area contributed by atoms with E-state index in [9.17, 15) is 18.0 Å². The fourth-order valence-electron chi connectivity index (χ4n) is 2.58. The molecule has 0 aromatic carbocycles. The minimum Gasteiger partial charge on any atom is -0.302 e. The van der Waals surface area contributed by atoms with E-state index in [4.69, 9.17) is 0 Å². The fourth-order valence-corrected chi connectivity index (χ4v) is 2.58. The first-order chi connectivity index (χ1) is 7.01. The molecule has 2 atom stereocenters. The van der Waals surface area contributed by atoms with Crippen LogP contribution in [0.3, 0.4) is 0 Å². The smallest absolute Gasteiger partial charge is 0.302 e. The van der Waals surface area contributed by atoms with Crippen LogP contribution in [0.4, 0.5) is 13.2 Å². The van der Waals surface area contributed by atoms with Gasteiger partial charge in [-0.1, -0.05) is 0 Å². The van der Waals surface area contributed by atoms with Crippen molar-refractivity contribution in [3.8, 4) is 0 Å². The molecule has 0 amide bonds. The molecule has 0 aliphatic carbocycles. The lowest BCUT2D eigenvalue weighted by Gasteiger charge is -2.45. The zero-order valence-electron chi connectivity index (χ0n) is 8.18. The lowest BCUT2D eigenvalue weighted by Crippen LogP contribution is -2.69. The van der Waals surface area contributed by atoms with Crippen molar-refractivity contribution in [3.63, 3.8) is 0 Å². The Balaban J connectivity index is 2.31. The second kappa shape index (κ2) is 3.45. The molecule has 0 saturated carbocycles. The van der Waals surface area contributed by atoms with Crippen molar-refractivity contribution in [2.45, 2.75) is 37.1 Å². The highest BCUT2D eigenvalue weighted by molar-refractivity contribution is 5.58. The van der Waals surface area contributed by atoms with Crippen LogP contribution >= 0.6 is 0 Å². The molecule has 2 unspecified atom stereocenters. The van der Waals surface area contributed by atoms with Crippen LogP contribution in [-0.4, -0.2) is 42.2 Å². The maximum Gasteiger partial charge on any atom is 0.420 e. The average Bonchev–Trinajstić information content (AvgIpc) is 2.56. The maximum atomic E-state index is 13.0. The third-order valence-electron chi connectivity index (χ3n) is 3.31. The number of rotatable bonds is 1. The van der Waals surface area contributed by atoms with Gasteiger partial charge in [0, 0.05) is 6.54 Å². The third kappa shape index (κ3) is 1.47. The molecule has 2 rings (SSSR count). The Morgan fingerprint density at radius 2 is 2.20 bits per heavy atom. The van der Waals surface area contributed by atoms with Gasteiger partial charge in [0.2, 0.25) is 0 Å². The standard InChI is InChI=1S/C9H13F3N2O/c10-9(11,12)8-3-2-7(6-15)14(8)5-1-4-13-8/h6-7,13H,1-5H2. The van der Waals surface area contributed by atoms with Crippen molar-refractivity contribution in [1.82, 2.24) is 10.2 Å². The van der Waals surface area contributed by atoms with Gasteiger partial charge in [0.15, 0.2) is 5.66 Å². The summed E-state index contributed by atoms with van der Waals surface area (Å²) in [5, 5.41) is 2.54. The highest BCUT2D eigenvalue weighted by Crippen LogP contribution is 2.44. The van der Waals surface area contributed by atoms with Crippen LogP contribution in [0.25, 0.3) is 0 Å². The van der Waals surface area contributed by atoms with Gasteiger partial charge in [-0.2, -0.15) is 13.2 Å². The first-order valence-electron chi connectivity index (χ1n) is 5.05. The largest absolute Gasteiger partial charge is 0.420 e. The number of nitrogens with zero attached hydrogens (tertiary/aromatic N) is 1. The lowest BCUT2D eigenvalue weighted by molar-refractivity contribution is -0.243. The molecule has 2 fully saturated rings. The average molecular weight is 222 g/mol. The van der Waals surface area contributed by atoms with E-state index in [-0.39, 0.29) is 12.8 Å². The molecule has 1 N–H and O–H groups in total. The monoisotopic (exact) mass is 222 g/mol. The molecule has 2 aliphatic heterocycles. The van der Waals surface area contributed by atoms with Crippen LogP contribution in [0.2, 0.25) is 0 Å². The summed E-state index contributed by atoms with van der Waals surface area (Å²) >= 11 is 0. The van der Waals surface area contributed by atoms with E-state index in [1.54, 1.807) is 0 Å². The van der Waals surface area contributed by atoms with Gasteiger partial charge < -0.3 is 4.79 Å². The van der Waals surface area contributed by atoms with Crippen molar-refractivity contribution in [1.29, 1.82) is 0 Å². The predicted octanol–water partition coefficient (Wildman–Crippen LogP) is 0.902. The van der Waals surface area contributed by atoms with Crippen molar-refractivity contribution in [3.05, 3.63) is 0 Å². The molecule has 0 bridgehead atoms. The molecule has 86 valence electrons. The van der Waals surface area contributed by atoms with Crippen molar-refractivity contribution >= 4 is 6.29 Å². The van der Waals surface area contributed by atoms with Crippen molar-refractivity contribution in [2.75, 3.05) is 13.1 Å². The maximum absolute atomic E-state index is 13.0.